The van der Waals surface area contributed by atoms with Crippen molar-refractivity contribution in [2.24, 2.45) is 0 Å². The van der Waals surface area contributed by atoms with Gasteiger partial charge in [-0.15, -0.1) is 0 Å². The lowest BCUT2D eigenvalue weighted by Crippen LogP contribution is -2.12. The minimum absolute atomic E-state index is 1.15. The molecule has 11 aromatic rings. The molecule has 0 saturated carbocycles. The molecule has 0 amide bonds. The van der Waals surface area contributed by atoms with Crippen molar-refractivity contribution in [1.29, 1.82) is 0 Å². The number of anilines is 6. The maximum Gasteiger partial charge on any atom is 0.0620 e. The van der Waals surface area contributed by atoms with Crippen LogP contribution in [0, 0.1) is 27.7 Å². The zero-order valence-corrected chi connectivity index (χ0v) is 32.6. The fraction of sp³-hybridized carbons (Fsp3) is 0.0741. The quantitative estimate of drug-likeness (QED) is 0.169. The van der Waals surface area contributed by atoms with Gasteiger partial charge < -0.3 is 14.2 Å². The number of benzene rings is 9. The third kappa shape index (κ3) is 5.12. The van der Waals surface area contributed by atoms with E-state index in [1.807, 2.05) is 0 Å². The number of rotatable bonds is 6. The first-order valence-corrected chi connectivity index (χ1v) is 19.9. The molecule has 272 valence electrons. The van der Waals surface area contributed by atoms with Crippen molar-refractivity contribution in [2.45, 2.75) is 27.7 Å². The molecule has 0 fully saturated rings. The number of para-hydroxylation sites is 5. The van der Waals surface area contributed by atoms with Crippen LogP contribution in [0.5, 0.6) is 0 Å². The molecule has 0 radical (unpaired) electrons. The second kappa shape index (κ2) is 12.7. The Labute approximate surface area is 332 Å². The van der Waals surface area contributed by atoms with Gasteiger partial charge in [-0.2, -0.15) is 0 Å². The van der Waals surface area contributed by atoms with Crippen molar-refractivity contribution in [3.05, 3.63) is 198 Å². The number of hydrogen-bond donors (Lipinski definition) is 0. The molecule has 0 atom stereocenters. The Morgan fingerprint density at radius 2 is 0.719 bits per heavy atom. The molecule has 57 heavy (non-hydrogen) atoms. The number of hydrogen-bond acceptors (Lipinski definition) is 2. The first-order chi connectivity index (χ1) is 27.9. The van der Waals surface area contributed by atoms with Crippen LogP contribution in [0.25, 0.3) is 59.6 Å². The Balaban J connectivity index is 1.14. The van der Waals surface area contributed by atoms with Crippen LogP contribution in [-0.4, -0.2) is 4.40 Å². The van der Waals surface area contributed by atoms with Crippen molar-refractivity contribution in [2.75, 3.05) is 9.80 Å². The smallest absolute Gasteiger partial charge is 0.0620 e. The summed E-state index contributed by atoms with van der Waals surface area (Å²) in [6.07, 6.45) is 0. The van der Waals surface area contributed by atoms with E-state index in [-0.39, 0.29) is 0 Å². The summed E-state index contributed by atoms with van der Waals surface area (Å²) in [7, 11) is 0. The van der Waals surface area contributed by atoms with Crippen molar-refractivity contribution < 1.29 is 0 Å². The van der Waals surface area contributed by atoms with E-state index in [0.717, 1.165) is 22.7 Å². The van der Waals surface area contributed by atoms with Crippen molar-refractivity contribution in [1.82, 2.24) is 4.40 Å². The van der Waals surface area contributed by atoms with Gasteiger partial charge in [0, 0.05) is 44.3 Å². The molecule has 0 unspecified atom stereocenters. The molecule has 11 rings (SSSR count). The SMILES string of the molecule is Cc1cccc(C)c1N(c1ccccc1)c1ccc2cc3c4cccc5c6cc7ccc(N(c8ccccc8)c8c(C)cccc8C)cc7cc6n(c3cc2c1)c45. The van der Waals surface area contributed by atoms with Crippen molar-refractivity contribution in [3.63, 3.8) is 0 Å². The van der Waals surface area contributed by atoms with Crippen LogP contribution in [0.3, 0.4) is 0 Å². The third-order valence-electron chi connectivity index (χ3n) is 12.1. The summed E-state index contributed by atoms with van der Waals surface area (Å²) >= 11 is 0. The van der Waals surface area contributed by atoms with Crippen LogP contribution in [0.15, 0.2) is 176 Å². The molecule has 2 aromatic heterocycles. The summed E-state index contributed by atoms with van der Waals surface area (Å²) < 4.78 is 2.52. The normalized spacial score (nSPS) is 11.9. The zero-order valence-electron chi connectivity index (χ0n) is 32.6. The van der Waals surface area contributed by atoms with Gasteiger partial charge in [-0.1, -0.05) is 103 Å². The van der Waals surface area contributed by atoms with Gasteiger partial charge in [0.15, 0.2) is 0 Å². The number of fused-ring (bicyclic) bond motifs is 8. The standard InChI is InChI=1S/C54H41N3/c1-34-14-11-15-35(2)52(34)55(42-18-7-5-8-19-42)44-26-24-38-30-48-46-22-13-23-47-49-31-39-25-27-45(29-41(39)33-51(49)57(54(46)47)50(48)32-40(38)28-44)56(43-20-9-6-10-21-43)53-36(3)16-12-17-37(53)4/h5-33H,1-4H3. The van der Waals surface area contributed by atoms with E-state index in [4.69, 9.17) is 0 Å². The summed E-state index contributed by atoms with van der Waals surface area (Å²) in [6.45, 7) is 8.84. The fourth-order valence-electron chi connectivity index (χ4n) is 9.50. The Kier molecular flexibility index (Phi) is 7.42. The second-order valence-corrected chi connectivity index (χ2v) is 15.7. The molecule has 3 heteroatoms. The van der Waals surface area contributed by atoms with Crippen LogP contribution in [-0.2, 0) is 0 Å². The molecular formula is C54H41N3. The maximum absolute atomic E-state index is 2.52. The van der Waals surface area contributed by atoms with E-state index in [0.29, 0.717) is 0 Å². The van der Waals surface area contributed by atoms with E-state index >= 15 is 0 Å². The highest BCUT2D eigenvalue weighted by Crippen LogP contribution is 2.45. The van der Waals surface area contributed by atoms with E-state index in [2.05, 4.69) is 218 Å². The molecule has 0 aliphatic heterocycles. The van der Waals surface area contributed by atoms with Crippen LogP contribution in [0.2, 0.25) is 0 Å². The van der Waals surface area contributed by atoms with Gasteiger partial charge in [0.05, 0.1) is 27.9 Å². The average Bonchev–Trinajstić information content (AvgIpc) is 3.73. The maximum atomic E-state index is 2.52. The molecule has 0 aliphatic rings. The first kappa shape index (κ1) is 33.3. The molecule has 0 bridgehead atoms. The first-order valence-electron chi connectivity index (χ1n) is 19.9. The highest BCUT2D eigenvalue weighted by Gasteiger charge is 2.22. The van der Waals surface area contributed by atoms with Gasteiger partial charge in [-0.25, -0.2) is 0 Å². The molecule has 0 saturated heterocycles. The van der Waals surface area contributed by atoms with E-state index in [9.17, 15) is 0 Å². The molecule has 0 aliphatic carbocycles. The summed E-state index contributed by atoms with van der Waals surface area (Å²) in [4.78, 5) is 4.83. The minimum Gasteiger partial charge on any atom is -0.310 e. The Hall–Kier alpha value is -7.10. The zero-order chi connectivity index (χ0) is 38.4. The lowest BCUT2D eigenvalue weighted by molar-refractivity contribution is 1.22. The Morgan fingerprint density at radius 1 is 0.316 bits per heavy atom. The van der Waals surface area contributed by atoms with Gasteiger partial charge in [0.25, 0.3) is 0 Å². The van der Waals surface area contributed by atoms with Crippen LogP contribution < -0.4 is 9.80 Å². The van der Waals surface area contributed by atoms with E-state index in [1.54, 1.807) is 0 Å². The summed E-state index contributed by atoms with van der Waals surface area (Å²) in [5, 5.41) is 10.1. The van der Waals surface area contributed by atoms with Gasteiger partial charge in [-0.3, -0.25) is 0 Å². The topological polar surface area (TPSA) is 10.9 Å². The summed E-state index contributed by atoms with van der Waals surface area (Å²) in [5.74, 6) is 0. The third-order valence-corrected chi connectivity index (χ3v) is 12.1. The highest BCUT2D eigenvalue weighted by molar-refractivity contribution is 6.26. The van der Waals surface area contributed by atoms with E-state index < -0.39 is 0 Å². The van der Waals surface area contributed by atoms with Crippen molar-refractivity contribution in [3.8, 4) is 0 Å². The Bertz CT molecular complexity index is 3080. The molecule has 9 aromatic carbocycles. The fourth-order valence-corrected chi connectivity index (χ4v) is 9.50. The molecule has 3 nitrogen and oxygen atoms in total. The second-order valence-electron chi connectivity index (χ2n) is 15.7. The Morgan fingerprint density at radius 3 is 1.14 bits per heavy atom. The van der Waals surface area contributed by atoms with Gasteiger partial charge in [-0.05, 0) is 144 Å². The van der Waals surface area contributed by atoms with Crippen LogP contribution in [0.1, 0.15) is 22.3 Å². The van der Waals surface area contributed by atoms with Crippen LogP contribution in [0.4, 0.5) is 34.1 Å². The molecule has 0 N–H and O–H groups in total. The lowest BCUT2D eigenvalue weighted by atomic mass is 10.0. The molecule has 2 heterocycles. The molecule has 0 spiro atoms. The summed E-state index contributed by atoms with van der Waals surface area (Å²) in [6, 6.07) is 64.9. The van der Waals surface area contributed by atoms with Gasteiger partial charge in [0.2, 0.25) is 0 Å². The van der Waals surface area contributed by atoms with Gasteiger partial charge in [0.1, 0.15) is 0 Å². The average molecular weight is 732 g/mol. The van der Waals surface area contributed by atoms with Crippen molar-refractivity contribution >= 4 is 93.8 Å². The van der Waals surface area contributed by atoms with E-state index in [1.165, 1.54) is 93.3 Å². The highest BCUT2D eigenvalue weighted by atomic mass is 15.2. The predicted molar refractivity (Wildman–Crippen MR) is 244 cm³/mol. The lowest BCUT2D eigenvalue weighted by Gasteiger charge is -2.29. The van der Waals surface area contributed by atoms with Gasteiger partial charge >= 0.3 is 0 Å². The largest absolute Gasteiger partial charge is 0.310 e. The summed E-state index contributed by atoms with van der Waals surface area (Å²) in [5.41, 5.74) is 15.8. The predicted octanol–water partition coefficient (Wildman–Crippen LogP) is 15.3. The number of aromatic nitrogens is 1. The number of nitrogens with zero attached hydrogens (tertiary/aromatic N) is 3. The minimum atomic E-state index is 1.15. The molecular weight excluding hydrogens is 691 g/mol. The van der Waals surface area contributed by atoms with Crippen LogP contribution >= 0.6 is 0 Å². The number of aryl methyl sites for hydroxylation is 4. The monoisotopic (exact) mass is 731 g/mol.